The lowest BCUT2D eigenvalue weighted by Gasteiger charge is -2.22. The minimum atomic E-state index is -1.04. The summed E-state index contributed by atoms with van der Waals surface area (Å²) in [6.07, 6.45) is 3.61. The summed E-state index contributed by atoms with van der Waals surface area (Å²) in [5.74, 6) is -0.813. The number of unbranched alkanes of at least 4 members (excludes halogenated alkanes) is 1. The fraction of sp³-hybridized carbons (Fsp3) is 0.261. The van der Waals surface area contributed by atoms with Crippen LogP contribution in [0.5, 0.6) is 5.75 Å². The van der Waals surface area contributed by atoms with Crippen molar-refractivity contribution in [3.8, 4) is 5.75 Å². The van der Waals surface area contributed by atoms with E-state index in [4.69, 9.17) is 28.6 Å². The lowest BCUT2D eigenvalue weighted by Crippen LogP contribution is -2.43. The molecule has 3 rings (SSSR count). The number of carbonyl (C=O) groups is 2. The quantitative estimate of drug-likeness (QED) is 0.367. The molecule has 0 spiro atoms. The molecule has 162 valence electrons. The Morgan fingerprint density at radius 1 is 1.26 bits per heavy atom. The molecule has 0 unspecified atom stereocenters. The Hall–Kier alpha value is -2.35. The highest BCUT2D eigenvalue weighted by molar-refractivity contribution is 8.26. The average molecular weight is 476 g/mol. The minimum absolute atomic E-state index is 0.263. The number of ether oxygens (including phenoxy) is 1. The van der Waals surface area contributed by atoms with Crippen LogP contribution < -0.4 is 4.74 Å². The second-order valence-corrected chi connectivity index (χ2v) is 9.11. The highest BCUT2D eigenvalue weighted by Crippen LogP contribution is 2.36. The Balaban J connectivity index is 1.80. The molecule has 1 atom stereocenters. The zero-order valence-electron chi connectivity index (χ0n) is 16.9. The Labute approximate surface area is 196 Å². The van der Waals surface area contributed by atoms with Gasteiger partial charge in [-0.05, 0) is 36.3 Å². The van der Waals surface area contributed by atoms with Gasteiger partial charge in [0.25, 0.3) is 5.91 Å². The van der Waals surface area contributed by atoms with Crippen LogP contribution in [0, 0.1) is 0 Å². The maximum atomic E-state index is 13.0. The van der Waals surface area contributed by atoms with Crippen molar-refractivity contribution >= 4 is 57.9 Å². The molecule has 2 aromatic rings. The topological polar surface area (TPSA) is 66.8 Å². The van der Waals surface area contributed by atoms with E-state index in [0.29, 0.717) is 35.1 Å². The number of thioether (sulfide) groups is 1. The summed E-state index contributed by atoms with van der Waals surface area (Å²) >= 11 is 12.4. The molecular formula is C23H22ClNO4S2. The second-order valence-electron chi connectivity index (χ2n) is 7.00. The van der Waals surface area contributed by atoms with Gasteiger partial charge in [-0.3, -0.25) is 9.69 Å². The Bertz CT molecular complexity index is 1010. The number of nitrogens with zero attached hydrogens (tertiary/aromatic N) is 1. The highest BCUT2D eigenvalue weighted by Gasteiger charge is 2.40. The summed E-state index contributed by atoms with van der Waals surface area (Å²) in [5.41, 5.74) is 1.68. The molecule has 0 aliphatic carbocycles. The number of amides is 1. The molecule has 0 radical (unpaired) electrons. The molecule has 5 nitrogen and oxygen atoms in total. The van der Waals surface area contributed by atoms with E-state index in [2.05, 4.69) is 0 Å². The van der Waals surface area contributed by atoms with Gasteiger partial charge in [0.1, 0.15) is 22.7 Å². The van der Waals surface area contributed by atoms with Crippen molar-refractivity contribution in [3.05, 3.63) is 69.6 Å². The van der Waals surface area contributed by atoms with Crippen LogP contribution in [0.25, 0.3) is 6.08 Å². The van der Waals surface area contributed by atoms with Crippen molar-refractivity contribution < 1.29 is 19.4 Å². The van der Waals surface area contributed by atoms with E-state index < -0.39 is 12.0 Å². The molecule has 1 N–H and O–H groups in total. The first-order chi connectivity index (χ1) is 14.9. The normalized spacial score (nSPS) is 16.1. The number of carbonyl (C=O) groups excluding carboxylic acids is 1. The minimum Gasteiger partial charge on any atom is -0.488 e. The number of rotatable bonds is 9. The monoisotopic (exact) mass is 475 g/mol. The Kier molecular flexibility index (Phi) is 8.12. The first-order valence-electron chi connectivity index (χ1n) is 9.87. The predicted octanol–water partition coefficient (Wildman–Crippen LogP) is 5.76. The standard InChI is InChI=1S/C23H22ClNO4S2/c1-2-3-7-18(22(27)28)25-21(26)20(31-23(25)30)13-16-6-4-5-8-19(16)29-14-15-9-11-17(24)12-10-15/h4-6,8-13,18H,2-3,7,14H2,1H3,(H,27,28)/b20-13-/t18-/m0/s1. The summed E-state index contributed by atoms with van der Waals surface area (Å²) in [7, 11) is 0. The molecule has 1 amide bonds. The number of hydrogen-bond acceptors (Lipinski definition) is 5. The van der Waals surface area contributed by atoms with E-state index in [-0.39, 0.29) is 10.2 Å². The molecule has 1 saturated heterocycles. The van der Waals surface area contributed by atoms with Crippen LogP contribution >= 0.6 is 35.6 Å². The van der Waals surface area contributed by atoms with Crippen LogP contribution in [0.4, 0.5) is 0 Å². The van der Waals surface area contributed by atoms with E-state index in [1.165, 1.54) is 4.90 Å². The fourth-order valence-electron chi connectivity index (χ4n) is 3.12. The third-order valence-corrected chi connectivity index (χ3v) is 6.35. The van der Waals surface area contributed by atoms with Crippen LogP contribution in [-0.2, 0) is 16.2 Å². The molecule has 8 heteroatoms. The van der Waals surface area contributed by atoms with Crippen molar-refractivity contribution in [2.75, 3.05) is 0 Å². The number of halogens is 1. The molecular weight excluding hydrogens is 454 g/mol. The van der Waals surface area contributed by atoms with E-state index in [0.717, 1.165) is 29.3 Å². The molecule has 1 aliphatic heterocycles. The third-order valence-electron chi connectivity index (χ3n) is 4.76. The van der Waals surface area contributed by atoms with Crippen molar-refractivity contribution in [1.82, 2.24) is 4.90 Å². The van der Waals surface area contributed by atoms with Crippen molar-refractivity contribution in [2.45, 2.75) is 38.8 Å². The number of hydrogen-bond donors (Lipinski definition) is 1. The van der Waals surface area contributed by atoms with Crippen LogP contribution in [-0.4, -0.2) is 32.2 Å². The van der Waals surface area contributed by atoms with Gasteiger partial charge in [-0.2, -0.15) is 0 Å². The van der Waals surface area contributed by atoms with Gasteiger partial charge in [-0.1, -0.05) is 85.7 Å². The van der Waals surface area contributed by atoms with Gasteiger partial charge in [0.2, 0.25) is 0 Å². The van der Waals surface area contributed by atoms with E-state index >= 15 is 0 Å². The molecule has 2 aromatic carbocycles. The van der Waals surface area contributed by atoms with Crippen molar-refractivity contribution in [1.29, 1.82) is 0 Å². The summed E-state index contributed by atoms with van der Waals surface area (Å²) < 4.78 is 6.22. The number of carboxylic acids is 1. The number of benzene rings is 2. The smallest absolute Gasteiger partial charge is 0.326 e. The zero-order valence-corrected chi connectivity index (χ0v) is 19.3. The molecule has 1 fully saturated rings. The van der Waals surface area contributed by atoms with E-state index in [9.17, 15) is 14.7 Å². The van der Waals surface area contributed by atoms with Gasteiger partial charge in [-0.15, -0.1) is 0 Å². The van der Waals surface area contributed by atoms with Crippen molar-refractivity contribution in [3.63, 3.8) is 0 Å². The Morgan fingerprint density at radius 2 is 1.97 bits per heavy atom. The van der Waals surface area contributed by atoms with Crippen LogP contribution in [0.1, 0.15) is 37.3 Å². The van der Waals surface area contributed by atoms with Gasteiger partial charge in [0, 0.05) is 10.6 Å². The largest absolute Gasteiger partial charge is 0.488 e. The zero-order chi connectivity index (χ0) is 22.4. The first kappa shape index (κ1) is 23.3. The molecule has 0 bridgehead atoms. The SMILES string of the molecule is CCCC[C@@H](C(=O)O)N1C(=O)/C(=C/c2ccccc2OCc2ccc(Cl)cc2)SC1=S. The molecule has 0 saturated carbocycles. The second kappa shape index (κ2) is 10.8. The van der Waals surface area contributed by atoms with Gasteiger partial charge in [0.05, 0.1) is 4.91 Å². The first-order valence-corrected chi connectivity index (χ1v) is 11.5. The van der Waals surface area contributed by atoms with Gasteiger partial charge in [-0.25, -0.2) is 4.79 Å². The lowest BCUT2D eigenvalue weighted by molar-refractivity contribution is -0.145. The molecule has 31 heavy (non-hydrogen) atoms. The summed E-state index contributed by atoms with van der Waals surface area (Å²) in [4.78, 5) is 26.3. The van der Waals surface area contributed by atoms with Crippen LogP contribution in [0.15, 0.2) is 53.4 Å². The maximum Gasteiger partial charge on any atom is 0.326 e. The van der Waals surface area contributed by atoms with Gasteiger partial charge < -0.3 is 9.84 Å². The van der Waals surface area contributed by atoms with Crippen molar-refractivity contribution in [2.24, 2.45) is 0 Å². The number of carboxylic acid groups (broad SMARTS) is 1. The Morgan fingerprint density at radius 3 is 2.65 bits per heavy atom. The summed E-state index contributed by atoms with van der Waals surface area (Å²) in [6.45, 7) is 2.32. The third kappa shape index (κ3) is 5.87. The van der Waals surface area contributed by atoms with Crippen LogP contribution in [0.3, 0.4) is 0 Å². The summed E-state index contributed by atoms with van der Waals surface area (Å²) in [6, 6.07) is 13.8. The van der Waals surface area contributed by atoms with Gasteiger partial charge in [0.15, 0.2) is 0 Å². The van der Waals surface area contributed by atoms with E-state index in [1.54, 1.807) is 18.2 Å². The average Bonchev–Trinajstić information content (AvgIpc) is 3.02. The predicted molar refractivity (Wildman–Crippen MR) is 128 cm³/mol. The number of para-hydroxylation sites is 1. The van der Waals surface area contributed by atoms with Crippen LogP contribution in [0.2, 0.25) is 5.02 Å². The number of aliphatic carboxylic acids is 1. The summed E-state index contributed by atoms with van der Waals surface area (Å²) in [5, 5.41) is 10.3. The highest BCUT2D eigenvalue weighted by atomic mass is 35.5. The number of thiocarbonyl (C=S) groups is 1. The fourth-order valence-corrected chi connectivity index (χ4v) is 4.60. The maximum absolute atomic E-state index is 13.0. The molecule has 0 aromatic heterocycles. The molecule has 1 aliphatic rings. The molecule has 1 heterocycles. The van der Waals surface area contributed by atoms with Gasteiger partial charge >= 0.3 is 5.97 Å². The van der Waals surface area contributed by atoms with E-state index in [1.807, 2.05) is 43.3 Å². The lowest BCUT2D eigenvalue weighted by atomic mass is 10.1.